The fourth-order valence-electron chi connectivity index (χ4n) is 6.23. The summed E-state index contributed by atoms with van der Waals surface area (Å²) >= 11 is 0. The van der Waals surface area contributed by atoms with Crippen molar-refractivity contribution in [3.05, 3.63) is 132 Å². The van der Waals surface area contributed by atoms with E-state index in [9.17, 15) is 19.2 Å². The summed E-state index contributed by atoms with van der Waals surface area (Å²) in [6.07, 6.45) is 0.872. The van der Waals surface area contributed by atoms with Gasteiger partial charge in [-0.3, -0.25) is 4.79 Å². The van der Waals surface area contributed by atoms with Gasteiger partial charge in [-0.05, 0) is 114 Å². The van der Waals surface area contributed by atoms with Gasteiger partial charge in [0.25, 0.3) is 0 Å². The Labute approximate surface area is 357 Å². The molecule has 0 aliphatic carbocycles. The molecule has 0 saturated heterocycles. The molecule has 0 fully saturated rings. The highest BCUT2D eigenvalue weighted by Crippen LogP contribution is 2.23. The number of ether oxygens (including phenoxy) is 4. The van der Waals surface area contributed by atoms with Crippen molar-refractivity contribution >= 4 is 24.1 Å². The van der Waals surface area contributed by atoms with Crippen LogP contribution in [0.1, 0.15) is 86.3 Å². The number of hydrogen-bond acceptors (Lipinski definition) is 8. The van der Waals surface area contributed by atoms with Crippen molar-refractivity contribution in [3.8, 4) is 22.3 Å². The first kappa shape index (κ1) is 48.5. The fourth-order valence-corrected chi connectivity index (χ4v) is 6.23. The van der Waals surface area contributed by atoms with E-state index in [0.717, 1.165) is 33.4 Å². The molecule has 10 nitrogen and oxygen atoms in total. The predicted molar refractivity (Wildman–Crippen MR) is 238 cm³/mol. The minimum absolute atomic E-state index is 0.248. The molecule has 0 aliphatic heterocycles. The van der Waals surface area contributed by atoms with Crippen LogP contribution in [0.2, 0.25) is 0 Å². The van der Waals surface area contributed by atoms with Gasteiger partial charge in [0.15, 0.2) is 0 Å². The van der Waals surface area contributed by atoms with Gasteiger partial charge < -0.3 is 29.6 Å². The van der Waals surface area contributed by atoms with Crippen LogP contribution in [0.5, 0.6) is 0 Å². The molecule has 10 heteroatoms. The van der Waals surface area contributed by atoms with Crippen LogP contribution < -0.4 is 10.6 Å². The number of benzene rings is 4. The van der Waals surface area contributed by atoms with E-state index in [2.05, 4.69) is 77.9 Å². The minimum atomic E-state index is -0.607. The van der Waals surface area contributed by atoms with Crippen LogP contribution in [0, 0.1) is 5.92 Å². The number of rotatable bonds is 16. The lowest BCUT2D eigenvalue weighted by Crippen LogP contribution is -2.41. The van der Waals surface area contributed by atoms with Crippen molar-refractivity contribution in [1.82, 2.24) is 10.6 Å². The van der Waals surface area contributed by atoms with Crippen LogP contribution in [0.4, 0.5) is 9.59 Å². The Kier molecular flexibility index (Phi) is 19.1. The van der Waals surface area contributed by atoms with Gasteiger partial charge in [-0.1, -0.05) is 123 Å². The highest BCUT2D eigenvalue weighted by atomic mass is 16.6. The largest absolute Gasteiger partial charge is 0.466 e. The molecule has 4 aromatic rings. The minimum Gasteiger partial charge on any atom is -0.466 e. The summed E-state index contributed by atoms with van der Waals surface area (Å²) in [5.74, 6) is -1.03. The Balaban J connectivity index is 0.000000320. The van der Waals surface area contributed by atoms with Crippen LogP contribution in [0.3, 0.4) is 0 Å². The number of esters is 2. The van der Waals surface area contributed by atoms with Gasteiger partial charge in [-0.15, -0.1) is 0 Å². The molecule has 322 valence electrons. The maximum atomic E-state index is 12.3. The first-order chi connectivity index (χ1) is 28.3. The molecule has 60 heavy (non-hydrogen) atoms. The third kappa shape index (κ3) is 18.4. The Bertz CT molecular complexity index is 1950. The smallest absolute Gasteiger partial charge is 0.407 e. The van der Waals surface area contributed by atoms with E-state index >= 15 is 0 Å². The number of amides is 2. The van der Waals surface area contributed by atoms with Crippen molar-refractivity contribution in [3.63, 3.8) is 0 Å². The van der Waals surface area contributed by atoms with E-state index in [-0.39, 0.29) is 37.0 Å². The van der Waals surface area contributed by atoms with Gasteiger partial charge in [-0.25, -0.2) is 14.4 Å². The average Bonchev–Trinajstić information content (AvgIpc) is 3.18. The first-order valence-electron chi connectivity index (χ1n) is 20.6. The zero-order valence-corrected chi connectivity index (χ0v) is 36.8. The summed E-state index contributed by atoms with van der Waals surface area (Å²) in [7, 11) is 0. The number of carbonyl (C=O) groups excluding carboxylic acids is 4. The van der Waals surface area contributed by atoms with Crippen LogP contribution >= 0.6 is 0 Å². The molecule has 3 unspecified atom stereocenters. The Morgan fingerprint density at radius 3 is 1.35 bits per heavy atom. The molecule has 0 heterocycles. The van der Waals surface area contributed by atoms with E-state index in [1.54, 1.807) is 34.6 Å². The summed E-state index contributed by atoms with van der Waals surface area (Å²) in [5.41, 5.74) is 5.79. The van der Waals surface area contributed by atoms with Crippen molar-refractivity contribution in [2.75, 3.05) is 13.2 Å². The average molecular weight is 821 g/mol. The van der Waals surface area contributed by atoms with E-state index in [4.69, 9.17) is 18.9 Å². The second-order valence-electron chi connectivity index (χ2n) is 16.6. The molecule has 2 N–H and O–H groups in total. The second kappa shape index (κ2) is 23.6. The quantitative estimate of drug-likeness (QED) is 0.0649. The lowest BCUT2D eigenvalue weighted by molar-refractivity contribution is -0.147. The van der Waals surface area contributed by atoms with Gasteiger partial charge in [-0.2, -0.15) is 0 Å². The molecule has 0 aliphatic rings. The normalized spacial score (nSPS) is 12.6. The Morgan fingerprint density at radius 1 is 0.567 bits per heavy atom. The van der Waals surface area contributed by atoms with Crippen molar-refractivity contribution < 1.29 is 38.1 Å². The summed E-state index contributed by atoms with van der Waals surface area (Å²) in [5, 5.41) is 5.79. The lowest BCUT2D eigenvalue weighted by atomic mass is 9.95. The monoisotopic (exact) mass is 820 g/mol. The molecule has 4 rings (SSSR count). The van der Waals surface area contributed by atoms with Gasteiger partial charge in [0.2, 0.25) is 0 Å². The third-order valence-corrected chi connectivity index (χ3v) is 8.91. The van der Waals surface area contributed by atoms with Gasteiger partial charge >= 0.3 is 24.1 Å². The van der Waals surface area contributed by atoms with Crippen molar-refractivity contribution in [2.45, 2.75) is 111 Å². The zero-order chi connectivity index (χ0) is 44.3. The van der Waals surface area contributed by atoms with Gasteiger partial charge in [0.1, 0.15) is 11.2 Å². The predicted octanol–water partition coefficient (Wildman–Crippen LogP) is 10.7. The fraction of sp³-hybridized carbons (Fsp3) is 0.400. The lowest BCUT2D eigenvalue weighted by Gasteiger charge is -2.25. The molecule has 4 aromatic carbocycles. The Hall–Kier alpha value is -5.90. The summed E-state index contributed by atoms with van der Waals surface area (Å²) in [4.78, 5) is 48.7. The molecule has 3 atom stereocenters. The maximum absolute atomic E-state index is 12.3. The van der Waals surface area contributed by atoms with Crippen LogP contribution in [0.25, 0.3) is 22.3 Å². The standard InChI is InChI=1S/C25H33NO4.C25H31NO4/c2*1-6-29-23(27)18(2)16-22(26-24(28)30-25(3,4)5)17-19-12-14-21(15-13-19)20-10-8-7-9-11-20/h7-15,18,22H,6,16-17H2,1-5H3,(H,26,28);7-15,22H,2,6,16-17H2,1,3-5H3,(H,26,28). The summed E-state index contributed by atoms with van der Waals surface area (Å²) < 4.78 is 20.9. The van der Waals surface area contributed by atoms with Crippen molar-refractivity contribution in [1.29, 1.82) is 0 Å². The molecule has 0 radical (unpaired) electrons. The van der Waals surface area contributed by atoms with E-state index in [0.29, 0.717) is 31.4 Å². The van der Waals surface area contributed by atoms with E-state index in [1.807, 2.05) is 76.2 Å². The number of hydrogen-bond donors (Lipinski definition) is 2. The van der Waals surface area contributed by atoms with Gasteiger partial charge in [0.05, 0.1) is 19.1 Å². The highest BCUT2D eigenvalue weighted by Gasteiger charge is 2.25. The van der Waals surface area contributed by atoms with Crippen LogP contribution in [-0.2, 0) is 41.4 Å². The summed E-state index contributed by atoms with van der Waals surface area (Å²) in [6.45, 7) is 20.7. The number of carbonyl (C=O) groups is 4. The first-order valence-corrected chi connectivity index (χ1v) is 20.6. The highest BCUT2D eigenvalue weighted by molar-refractivity contribution is 5.88. The zero-order valence-electron chi connectivity index (χ0n) is 36.8. The van der Waals surface area contributed by atoms with Crippen molar-refractivity contribution in [2.24, 2.45) is 5.92 Å². The third-order valence-electron chi connectivity index (χ3n) is 8.91. The maximum Gasteiger partial charge on any atom is 0.407 e. The van der Waals surface area contributed by atoms with Crippen LogP contribution in [-0.4, -0.2) is 60.6 Å². The summed E-state index contributed by atoms with van der Waals surface area (Å²) in [6, 6.07) is 36.1. The van der Waals surface area contributed by atoms with E-state index in [1.165, 1.54) is 0 Å². The molecule has 2 amide bonds. The SMILES string of the molecule is C=C(CC(Cc1ccc(-c2ccccc2)cc1)NC(=O)OC(C)(C)C)C(=O)OCC.CCOC(=O)C(C)CC(Cc1ccc(-c2ccccc2)cc1)NC(=O)OC(C)(C)C. The number of nitrogens with one attached hydrogen (secondary N) is 2. The van der Waals surface area contributed by atoms with Gasteiger partial charge in [0, 0.05) is 17.7 Å². The molecule has 0 aromatic heterocycles. The topological polar surface area (TPSA) is 129 Å². The molecular weight excluding hydrogens is 757 g/mol. The Morgan fingerprint density at radius 2 is 0.950 bits per heavy atom. The molecule has 0 saturated carbocycles. The molecule has 0 spiro atoms. The molecular formula is C50H64N2O8. The number of alkyl carbamates (subject to hydrolysis) is 2. The van der Waals surface area contributed by atoms with Crippen LogP contribution in [0.15, 0.2) is 121 Å². The second-order valence-corrected chi connectivity index (χ2v) is 16.6. The van der Waals surface area contributed by atoms with E-state index < -0.39 is 29.4 Å². The molecule has 0 bridgehead atoms.